The van der Waals surface area contributed by atoms with Crippen LogP contribution in [-0.2, 0) is 0 Å². The molecular weight excluding hydrogens is 302 g/mol. The molecule has 1 unspecified atom stereocenters. The molecule has 21 heavy (non-hydrogen) atoms. The first-order valence-corrected chi connectivity index (χ1v) is 9.04. The molecule has 5 heteroatoms. The number of likely N-dealkylation sites (tertiary alicyclic amines) is 1. The van der Waals surface area contributed by atoms with Gasteiger partial charge in [-0.25, -0.2) is 4.98 Å². The number of piperidine rings is 1. The van der Waals surface area contributed by atoms with Gasteiger partial charge in [0, 0.05) is 6.04 Å². The number of thiazole rings is 1. The Labute approximate surface area is 134 Å². The highest BCUT2D eigenvalue weighted by molar-refractivity contribution is 7.19. The Bertz CT molecular complexity index is 635. The standard InChI is InChI=1S/C16H20ClN3S/c17-12-3-1-4-13-15(12)21-16(19-13)14-5-2-10-20(14)11-6-8-18-9-7-11/h1,3-4,11,14,18H,2,5-10H2. The molecule has 1 aromatic heterocycles. The number of halogens is 1. The zero-order chi connectivity index (χ0) is 14.2. The first-order chi connectivity index (χ1) is 10.3. The minimum absolute atomic E-state index is 0.501. The van der Waals surface area contributed by atoms with Crippen molar-refractivity contribution in [2.45, 2.75) is 37.8 Å². The molecule has 1 aromatic carbocycles. The Morgan fingerprint density at radius 3 is 2.90 bits per heavy atom. The Balaban J connectivity index is 1.64. The van der Waals surface area contributed by atoms with E-state index in [4.69, 9.17) is 16.6 Å². The molecule has 112 valence electrons. The molecule has 4 rings (SSSR count). The van der Waals surface area contributed by atoms with Crippen LogP contribution in [0, 0.1) is 0 Å². The maximum absolute atomic E-state index is 6.31. The van der Waals surface area contributed by atoms with E-state index in [1.165, 1.54) is 37.2 Å². The van der Waals surface area contributed by atoms with E-state index in [-0.39, 0.29) is 0 Å². The van der Waals surface area contributed by atoms with Crippen LogP contribution in [0.2, 0.25) is 5.02 Å². The molecule has 3 nitrogen and oxygen atoms in total. The van der Waals surface area contributed by atoms with E-state index in [0.29, 0.717) is 6.04 Å². The van der Waals surface area contributed by atoms with E-state index in [1.54, 1.807) is 11.3 Å². The van der Waals surface area contributed by atoms with Crippen molar-refractivity contribution in [2.24, 2.45) is 0 Å². The Morgan fingerprint density at radius 1 is 1.24 bits per heavy atom. The number of fused-ring (bicyclic) bond motifs is 1. The fraction of sp³-hybridized carbons (Fsp3) is 0.562. The summed E-state index contributed by atoms with van der Waals surface area (Å²) in [4.78, 5) is 7.58. The molecule has 0 amide bonds. The summed E-state index contributed by atoms with van der Waals surface area (Å²) < 4.78 is 1.14. The molecular formula is C16H20ClN3S. The zero-order valence-electron chi connectivity index (χ0n) is 12.0. The fourth-order valence-electron chi connectivity index (χ4n) is 3.70. The van der Waals surface area contributed by atoms with Gasteiger partial charge >= 0.3 is 0 Å². The summed E-state index contributed by atoms with van der Waals surface area (Å²) in [6.07, 6.45) is 5.06. The van der Waals surface area contributed by atoms with Crippen LogP contribution in [0.5, 0.6) is 0 Å². The summed E-state index contributed by atoms with van der Waals surface area (Å²) in [6.45, 7) is 3.53. The predicted octanol–water partition coefficient (Wildman–Crippen LogP) is 3.84. The van der Waals surface area contributed by atoms with Crippen LogP contribution in [0.3, 0.4) is 0 Å². The molecule has 0 spiro atoms. The topological polar surface area (TPSA) is 28.2 Å². The van der Waals surface area contributed by atoms with E-state index < -0.39 is 0 Å². The van der Waals surface area contributed by atoms with Gasteiger partial charge in [-0.2, -0.15) is 0 Å². The number of benzene rings is 1. The van der Waals surface area contributed by atoms with Crippen LogP contribution >= 0.6 is 22.9 Å². The van der Waals surface area contributed by atoms with Crippen molar-refractivity contribution in [3.8, 4) is 0 Å². The summed E-state index contributed by atoms with van der Waals surface area (Å²) in [6, 6.07) is 7.26. The van der Waals surface area contributed by atoms with Gasteiger partial charge in [0.1, 0.15) is 5.01 Å². The molecule has 3 heterocycles. The maximum atomic E-state index is 6.31. The van der Waals surface area contributed by atoms with Crippen molar-refractivity contribution in [3.05, 3.63) is 28.2 Å². The second-order valence-corrected chi connectivity index (χ2v) is 7.46. The SMILES string of the molecule is Clc1cccc2nc(C3CCCN3C3CCNCC3)sc12. The summed E-state index contributed by atoms with van der Waals surface area (Å²) in [5.74, 6) is 0. The largest absolute Gasteiger partial charge is 0.317 e. The van der Waals surface area contributed by atoms with Crippen LogP contribution in [0.25, 0.3) is 10.2 Å². The molecule has 2 aliphatic heterocycles. The summed E-state index contributed by atoms with van der Waals surface area (Å²) in [5.41, 5.74) is 1.06. The number of hydrogen-bond donors (Lipinski definition) is 1. The average molecular weight is 322 g/mol. The number of aromatic nitrogens is 1. The molecule has 2 aromatic rings. The summed E-state index contributed by atoms with van der Waals surface area (Å²) >= 11 is 8.10. The fourth-order valence-corrected chi connectivity index (χ4v) is 5.12. The molecule has 0 bridgehead atoms. The van der Waals surface area contributed by atoms with Gasteiger partial charge in [0.05, 0.1) is 21.3 Å². The number of nitrogens with one attached hydrogen (secondary N) is 1. The highest BCUT2D eigenvalue weighted by Crippen LogP contribution is 2.40. The number of rotatable bonds is 2. The van der Waals surface area contributed by atoms with E-state index >= 15 is 0 Å². The lowest BCUT2D eigenvalue weighted by atomic mass is 10.0. The van der Waals surface area contributed by atoms with Crippen LogP contribution in [0.4, 0.5) is 0 Å². The van der Waals surface area contributed by atoms with Gasteiger partial charge in [0.2, 0.25) is 0 Å². The minimum Gasteiger partial charge on any atom is -0.317 e. The average Bonchev–Trinajstić information content (AvgIpc) is 3.15. The van der Waals surface area contributed by atoms with E-state index in [9.17, 15) is 0 Å². The van der Waals surface area contributed by atoms with Crippen LogP contribution in [0.1, 0.15) is 36.7 Å². The van der Waals surface area contributed by atoms with Crippen molar-refractivity contribution >= 4 is 33.2 Å². The highest BCUT2D eigenvalue weighted by Gasteiger charge is 2.34. The molecule has 0 radical (unpaired) electrons. The zero-order valence-corrected chi connectivity index (χ0v) is 13.6. The molecule has 1 N–H and O–H groups in total. The normalized spacial score (nSPS) is 24.9. The molecule has 2 saturated heterocycles. The van der Waals surface area contributed by atoms with E-state index in [0.717, 1.165) is 34.4 Å². The third-order valence-electron chi connectivity index (χ3n) is 4.74. The Hall–Kier alpha value is -0.680. The monoisotopic (exact) mass is 321 g/mol. The minimum atomic E-state index is 0.501. The van der Waals surface area contributed by atoms with Crippen molar-refractivity contribution < 1.29 is 0 Å². The van der Waals surface area contributed by atoms with Crippen molar-refractivity contribution in [3.63, 3.8) is 0 Å². The Morgan fingerprint density at radius 2 is 2.10 bits per heavy atom. The molecule has 2 fully saturated rings. The second-order valence-electron chi connectivity index (χ2n) is 6.02. The molecule has 2 aliphatic rings. The summed E-state index contributed by atoms with van der Waals surface area (Å²) in [5, 5.41) is 5.56. The van der Waals surface area contributed by atoms with Gasteiger partial charge in [-0.1, -0.05) is 17.7 Å². The van der Waals surface area contributed by atoms with Gasteiger partial charge in [-0.15, -0.1) is 11.3 Å². The Kier molecular flexibility index (Phi) is 3.88. The summed E-state index contributed by atoms with van der Waals surface area (Å²) in [7, 11) is 0. The smallest absolute Gasteiger partial charge is 0.111 e. The van der Waals surface area contributed by atoms with Crippen LogP contribution in [-0.4, -0.2) is 35.6 Å². The van der Waals surface area contributed by atoms with Crippen molar-refractivity contribution in [2.75, 3.05) is 19.6 Å². The second kappa shape index (κ2) is 5.84. The van der Waals surface area contributed by atoms with Crippen molar-refractivity contribution in [1.82, 2.24) is 15.2 Å². The van der Waals surface area contributed by atoms with Gasteiger partial charge in [-0.3, -0.25) is 4.90 Å². The van der Waals surface area contributed by atoms with Gasteiger partial charge in [-0.05, 0) is 57.5 Å². The van der Waals surface area contributed by atoms with E-state index in [2.05, 4.69) is 16.3 Å². The quantitative estimate of drug-likeness (QED) is 0.911. The molecule has 1 atom stereocenters. The van der Waals surface area contributed by atoms with E-state index in [1.807, 2.05) is 12.1 Å². The molecule has 0 saturated carbocycles. The first-order valence-electron chi connectivity index (χ1n) is 7.84. The lowest BCUT2D eigenvalue weighted by molar-refractivity contribution is 0.148. The third-order valence-corrected chi connectivity index (χ3v) is 6.37. The van der Waals surface area contributed by atoms with Gasteiger partial charge in [0.25, 0.3) is 0 Å². The molecule has 0 aliphatic carbocycles. The number of nitrogens with zero attached hydrogens (tertiary/aromatic N) is 2. The van der Waals surface area contributed by atoms with Crippen LogP contribution in [0.15, 0.2) is 18.2 Å². The third kappa shape index (κ3) is 2.59. The number of hydrogen-bond acceptors (Lipinski definition) is 4. The lowest BCUT2D eigenvalue weighted by Crippen LogP contribution is -2.42. The maximum Gasteiger partial charge on any atom is 0.111 e. The highest BCUT2D eigenvalue weighted by atomic mass is 35.5. The van der Waals surface area contributed by atoms with Crippen LogP contribution < -0.4 is 5.32 Å². The van der Waals surface area contributed by atoms with Gasteiger partial charge in [0.15, 0.2) is 0 Å². The van der Waals surface area contributed by atoms with Gasteiger partial charge < -0.3 is 5.32 Å². The lowest BCUT2D eigenvalue weighted by Gasteiger charge is -2.35. The van der Waals surface area contributed by atoms with Crippen molar-refractivity contribution in [1.29, 1.82) is 0 Å². The predicted molar refractivity (Wildman–Crippen MR) is 89.2 cm³/mol. The first kappa shape index (κ1) is 13.9.